The molecule has 0 spiro atoms. The molecule has 7 nitrogen and oxygen atoms in total. The number of sulfonamides is 1. The molecule has 0 saturated heterocycles. The zero-order valence-electron chi connectivity index (χ0n) is 14.2. The number of ether oxygens (including phenoxy) is 1. The molecule has 0 aromatic heterocycles. The molecule has 1 aliphatic carbocycles. The summed E-state index contributed by atoms with van der Waals surface area (Å²) >= 11 is 5.83. The molecule has 0 bridgehead atoms. The van der Waals surface area contributed by atoms with Gasteiger partial charge in [0.25, 0.3) is 5.91 Å². The van der Waals surface area contributed by atoms with E-state index in [0.29, 0.717) is 12.8 Å². The number of hydrogen-bond donors (Lipinski definition) is 2. The van der Waals surface area contributed by atoms with Crippen LogP contribution in [0.1, 0.15) is 30.1 Å². The van der Waals surface area contributed by atoms with Gasteiger partial charge in [0, 0.05) is 0 Å². The minimum atomic E-state index is -5.60. The molecule has 1 aliphatic rings. The SMILES string of the molecule is C[C@@H](COc1cc(C(=O)NC2(C#N)CC2)c(Cl)cc1F)NS(=O)(=O)C(F)(F)F. The Kier molecular flexibility index (Phi) is 6.13. The summed E-state index contributed by atoms with van der Waals surface area (Å²) in [7, 11) is -5.60. The van der Waals surface area contributed by atoms with E-state index < -0.39 is 51.2 Å². The number of carbonyl (C=O) groups excluding carboxylic acids is 1. The highest BCUT2D eigenvalue weighted by Gasteiger charge is 2.46. The molecule has 13 heteroatoms. The Morgan fingerprint density at radius 3 is 2.54 bits per heavy atom. The van der Waals surface area contributed by atoms with E-state index >= 15 is 0 Å². The Morgan fingerprint density at radius 1 is 1.43 bits per heavy atom. The second kappa shape index (κ2) is 7.73. The van der Waals surface area contributed by atoms with Gasteiger partial charge in [0.1, 0.15) is 12.1 Å². The third-order valence-electron chi connectivity index (χ3n) is 3.73. The highest BCUT2D eigenvalue weighted by Crippen LogP contribution is 2.35. The van der Waals surface area contributed by atoms with Gasteiger partial charge < -0.3 is 10.1 Å². The number of rotatable bonds is 7. The van der Waals surface area contributed by atoms with Gasteiger partial charge in [-0.15, -0.1) is 0 Å². The van der Waals surface area contributed by atoms with Gasteiger partial charge in [0.2, 0.25) is 0 Å². The highest BCUT2D eigenvalue weighted by atomic mass is 35.5. The van der Waals surface area contributed by atoms with Crippen LogP contribution in [0.3, 0.4) is 0 Å². The summed E-state index contributed by atoms with van der Waals surface area (Å²) < 4.78 is 79.4. The Morgan fingerprint density at radius 2 is 2.04 bits per heavy atom. The van der Waals surface area contributed by atoms with Crippen molar-refractivity contribution in [3.05, 3.63) is 28.5 Å². The summed E-state index contributed by atoms with van der Waals surface area (Å²) in [6.07, 6.45) is 0.905. The largest absolute Gasteiger partial charge is 0.511 e. The van der Waals surface area contributed by atoms with Gasteiger partial charge in [-0.3, -0.25) is 4.79 Å². The van der Waals surface area contributed by atoms with E-state index in [1.807, 2.05) is 6.07 Å². The summed E-state index contributed by atoms with van der Waals surface area (Å²) in [5, 5.41) is 11.2. The lowest BCUT2D eigenvalue weighted by atomic mass is 10.1. The van der Waals surface area contributed by atoms with Crippen molar-refractivity contribution in [3.8, 4) is 11.8 Å². The van der Waals surface area contributed by atoms with Gasteiger partial charge in [-0.25, -0.2) is 17.5 Å². The number of hydrogen-bond acceptors (Lipinski definition) is 5. The van der Waals surface area contributed by atoms with Crippen LogP contribution in [0.25, 0.3) is 0 Å². The molecule has 2 N–H and O–H groups in total. The fourth-order valence-electron chi connectivity index (χ4n) is 2.07. The zero-order chi connectivity index (χ0) is 21.3. The lowest BCUT2D eigenvalue weighted by Crippen LogP contribution is -2.43. The maximum atomic E-state index is 14.0. The van der Waals surface area contributed by atoms with Crippen molar-refractivity contribution in [2.45, 2.75) is 36.9 Å². The quantitative estimate of drug-likeness (QED) is 0.629. The maximum absolute atomic E-state index is 14.0. The highest BCUT2D eigenvalue weighted by molar-refractivity contribution is 7.90. The molecule has 0 unspecified atom stereocenters. The van der Waals surface area contributed by atoms with E-state index in [-0.39, 0.29) is 10.6 Å². The van der Waals surface area contributed by atoms with Crippen LogP contribution in [-0.4, -0.2) is 38.0 Å². The van der Waals surface area contributed by atoms with Gasteiger partial charge >= 0.3 is 15.5 Å². The van der Waals surface area contributed by atoms with Crippen LogP contribution in [0.2, 0.25) is 5.02 Å². The molecule has 28 heavy (non-hydrogen) atoms. The second-order valence-electron chi connectivity index (χ2n) is 6.19. The van der Waals surface area contributed by atoms with Crippen molar-refractivity contribution in [3.63, 3.8) is 0 Å². The molecular weight excluding hydrogens is 430 g/mol. The molecule has 1 atom stereocenters. The molecule has 1 fully saturated rings. The van der Waals surface area contributed by atoms with Gasteiger partial charge in [-0.2, -0.15) is 18.4 Å². The van der Waals surface area contributed by atoms with Gasteiger partial charge in [-0.05, 0) is 31.9 Å². The minimum Gasteiger partial charge on any atom is -0.489 e. The van der Waals surface area contributed by atoms with Crippen LogP contribution in [-0.2, 0) is 10.0 Å². The summed E-state index contributed by atoms with van der Waals surface area (Å²) in [5.41, 5.74) is -6.71. The van der Waals surface area contributed by atoms with Crippen molar-refractivity contribution in [2.24, 2.45) is 0 Å². The fourth-order valence-corrected chi connectivity index (χ4v) is 3.04. The molecular formula is C15H14ClF4N3O4S. The molecule has 0 radical (unpaired) electrons. The number of nitrogens with one attached hydrogen (secondary N) is 2. The van der Waals surface area contributed by atoms with Crippen molar-refractivity contribution >= 4 is 27.5 Å². The molecule has 1 aromatic carbocycles. The average Bonchev–Trinajstić information content (AvgIpc) is 3.32. The first-order valence-electron chi connectivity index (χ1n) is 7.74. The van der Waals surface area contributed by atoms with Gasteiger partial charge in [-0.1, -0.05) is 11.6 Å². The van der Waals surface area contributed by atoms with Crippen molar-refractivity contribution < 1.29 is 35.5 Å². The third kappa shape index (κ3) is 5.03. The van der Waals surface area contributed by atoms with E-state index in [9.17, 15) is 30.8 Å². The Labute approximate surface area is 162 Å². The lowest BCUT2D eigenvalue weighted by molar-refractivity contribution is -0.0451. The van der Waals surface area contributed by atoms with Crippen LogP contribution >= 0.6 is 11.6 Å². The topological polar surface area (TPSA) is 108 Å². The van der Waals surface area contributed by atoms with E-state index in [0.717, 1.165) is 19.1 Å². The molecule has 0 heterocycles. The summed E-state index contributed by atoms with van der Waals surface area (Å²) in [4.78, 5) is 12.2. The monoisotopic (exact) mass is 443 g/mol. The van der Waals surface area contributed by atoms with Crippen molar-refractivity contribution in [2.75, 3.05) is 6.61 Å². The first kappa shape index (κ1) is 22.2. The van der Waals surface area contributed by atoms with Crippen molar-refractivity contribution in [1.82, 2.24) is 10.0 Å². The second-order valence-corrected chi connectivity index (χ2v) is 8.30. The molecule has 2 rings (SSSR count). The normalized spacial score (nSPS) is 16.8. The fraction of sp³-hybridized carbons (Fsp3) is 0.467. The number of halogens is 5. The van der Waals surface area contributed by atoms with Crippen molar-refractivity contribution in [1.29, 1.82) is 5.26 Å². The predicted octanol–water partition coefficient (Wildman–Crippen LogP) is 2.47. The van der Waals surface area contributed by atoms with E-state index in [1.54, 1.807) is 0 Å². The lowest BCUT2D eigenvalue weighted by Gasteiger charge is -2.17. The predicted molar refractivity (Wildman–Crippen MR) is 89.5 cm³/mol. The van der Waals surface area contributed by atoms with Crippen LogP contribution in [0, 0.1) is 17.1 Å². The van der Waals surface area contributed by atoms with E-state index in [2.05, 4.69) is 5.32 Å². The number of alkyl halides is 3. The number of amides is 1. The van der Waals surface area contributed by atoms with Gasteiger partial charge in [0.05, 0.1) is 22.7 Å². The molecule has 1 aromatic rings. The third-order valence-corrected chi connectivity index (χ3v) is 5.37. The minimum absolute atomic E-state index is 0.205. The smallest absolute Gasteiger partial charge is 0.489 e. The first-order valence-corrected chi connectivity index (χ1v) is 9.60. The van der Waals surface area contributed by atoms with Crippen LogP contribution in [0.5, 0.6) is 5.75 Å². The zero-order valence-corrected chi connectivity index (χ0v) is 15.8. The Hall–Kier alpha value is -2.10. The van der Waals surface area contributed by atoms with Crippen LogP contribution in [0.4, 0.5) is 17.6 Å². The number of benzene rings is 1. The van der Waals surface area contributed by atoms with E-state index in [4.69, 9.17) is 21.6 Å². The summed E-state index contributed by atoms with van der Waals surface area (Å²) in [6.45, 7) is 0.422. The maximum Gasteiger partial charge on any atom is 0.511 e. The molecule has 1 saturated carbocycles. The summed E-state index contributed by atoms with van der Waals surface area (Å²) in [5.74, 6) is -2.28. The number of carbonyl (C=O) groups is 1. The number of nitriles is 1. The van der Waals surface area contributed by atoms with Gasteiger partial charge in [0.15, 0.2) is 11.6 Å². The Bertz CT molecular complexity index is 926. The number of nitrogens with zero attached hydrogens (tertiary/aromatic N) is 1. The first-order chi connectivity index (χ1) is 12.8. The van der Waals surface area contributed by atoms with Crippen LogP contribution in [0.15, 0.2) is 12.1 Å². The average molecular weight is 444 g/mol. The van der Waals surface area contributed by atoms with Crippen LogP contribution < -0.4 is 14.8 Å². The molecule has 1 amide bonds. The van der Waals surface area contributed by atoms with E-state index in [1.165, 1.54) is 4.72 Å². The summed E-state index contributed by atoms with van der Waals surface area (Å²) in [6, 6.07) is 2.27. The Balaban J connectivity index is 2.10. The standard InChI is InChI=1S/C15H14ClF4N3O4S/c1-8(23-28(25,26)15(18,19)20)6-27-12-4-9(10(16)5-11(12)17)13(24)22-14(7-21)2-3-14/h4-5,8,23H,2-3,6H2,1H3,(H,22,24)/t8-/m0/s1. The molecule has 0 aliphatic heterocycles. The molecule has 154 valence electrons.